The maximum Gasteiger partial charge on any atom is 0.224 e. The first-order chi connectivity index (χ1) is 13.3. The van der Waals surface area contributed by atoms with Crippen molar-refractivity contribution in [3.8, 4) is 10.6 Å². The molecule has 0 saturated carbocycles. The van der Waals surface area contributed by atoms with Gasteiger partial charge in [0.05, 0.1) is 9.88 Å². The Kier molecular flexibility index (Phi) is 6.58. The molecule has 1 aromatic carbocycles. The summed E-state index contributed by atoms with van der Waals surface area (Å²) in [6, 6.07) is 8.06. The normalized spacial score (nSPS) is 16.4. The molecule has 2 heterocycles. The zero-order valence-corrected chi connectivity index (χ0v) is 17.7. The number of carbonyl (C=O) groups excluding carboxylic acids is 1. The van der Waals surface area contributed by atoms with Crippen molar-refractivity contribution in [1.29, 1.82) is 0 Å². The maximum absolute atomic E-state index is 12.2. The third kappa shape index (κ3) is 5.18. The highest BCUT2D eigenvalue weighted by Gasteiger charge is 2.15. The SMILES string of the molecule is O=C(CCCCC1CSSC1)Nc1ccc(-c2nc3c(s2)=CCCC=3)cc1. The predicted octanol–water partition coefficient (Wildman–Crippen LogP) is 4.68. The van der Waals surface area contributed by atoms with Gasteiger partial charge in [0.25, 0.3) is 0 Å². The van der Waals surface area contributed by atoms with Gasteiger partial charge in [-0.25, -0.2) is 4.98 Å². The highest BCUT2D eigenvalue weighted by atomic mass is 33.1. The minimum absolute atomic E-state index is 0.117. The van der Waals surface area contributed by atoms with E-state index in [-0.39, 0.29) is 5.91 Å². The molecule has 1 aliphatic heterocycles. The molecule has 1 N–H and O–H groups in total. The van der Waals surface area contributed by atoms with Crippen LogP contribution in [0.3, 0.4) is 0 Å². The number of unbranched alkanes of at least 4 members (excludes halogenated alkanes) is 1. The lowest BCUT2D eigenvalue weighted by molar-refractivity contribution is -0.116. The Morgan fingerprint density at radius 2 is 1.85 bits per heavy atom. The molecule has 0 unspecified atom stereocenters. The van der Waals surface area contributed by atoms with E-state index in [4.69, 9.17) is 4.98 Å². The van der Waals surface area contributed by atoms with Crippen LogP contribution >= 0.6 is 32.9 Å². The van der Waals surface area contributed by atoms with Crippen molar-refractivity contribution in [3.05, 3.63) is 34.1 Å². The highest BCUT2D eigenvalue weighted by molar-refractivity contribution is 8.77. The standard InChI is InChI=1S/C21H24N2OS3/c24-20(8-4-1-5-15-13-25-26-14-15)22-17-11-9-16(10-12-17)21-23-18-6-2-3-7-19(18)27-21/h6-7,9-12,15H,1-5,8,13-14H2,(H,22,24). The molecule has 1 amide bonds. The zero-order valence-electron chi connectivity index (χ0n) is 15.3. The summed E-state index contributed by atoms with van der Waals surface area (Å²) in [6.07, 6.45) is 10.7. The van der Waals surface area contributed by atoms with Gasteiger partial charge in [0.2, 0.25) is 5.91 Å². The summed E-state index contributed by atoms with van der Waals surface area (Å²) >= 11 is 1.74. The lowest BCUT2D eigenvalue weighted by atomic mass is 10.0. The summed E-state index contributed by atoms with van der Waals surface area (Å²) in [7, 11) is 3.97. The summed E-state index contributed by atoms with van der Waals surface area (Å²) in [5, 5.41) is 5.19. The number of hydrogen-bond donors (Lipinski definition) is 1. The number of thiazole rings is 1. The molecule has 142 valence electrons. The van der Waals surface area contributed by atoms with Crippen molar-refractivity contribution in [2.24, 2.45) is 5.92 Å². The fourth-order valence-electron chi connectivity index (χ4n) is 3.34. The molecule has 2 aliphatic rings. The molecule has 27 heavy (non-hydrogen) atoms. The van der Waals surface area contributed by atoms with Crippen LogP contribution in [-0.4, -0.2) is 22.4 Å². The van der Waals surface area contributed by atoms with Crippen molar-refractivity contribution in [3.63, 3.8) is 0 Å². The third-order valence-corrected chi connectivity index (χ3v) is 8.70. The van der Waals surface area contributed by atoms with Crippen molar-refractivity contribution in [2.75, 3.05) is 16.8 Å². The monoisotopic (exact) mass is 416 g/mol. The van der Waals surface area contributed by atoms with Crippen LogP contribution in [0.5, 0.6) is 0 Å². The van der Waals surface area contributed by atoms with Gasteiger partial charge in [-0.05, 0) is 55.9 Å². The molecule has 0 bridgehead atoms. The molecule has 3 nitrogen and oxygen atoms in total. The van der Waals surface area contributed by atoms with Crippen LogP contribution in [0, 0.1) is 5.92 Å². The quantitative estimate of drug-likeness (QED) is 0.526. The lowest BCUT2D eigenvalue weighted by Gasteiger charge is -2.08. The van der Waals surface area contributed by atoms with E-state index in [2.05, 4.69) is 29.6 Å². The van der Waals surface area contributed by atoms with Gasteiger partial charge in [0.15, 0.2) is 0 Å². The summed E-state index contributed by atoms with van der Waals surface area (Å²) in [5.74, 6) is 3.53. The third-order valence-electron chi connectivity index (χ3n) is 4.89. The van der Waals surface area contributed by atoms with E-state index in [0.29, 0.717) is 6.42 Å². The van der Waals surface area contributed by atoms with E-state index in [0.717, 1.165) is 53.2 Å². The summed E-state index contributed by atoms with van der Waals surface area (Å²) in [5.41, 5.74) is 1.98. The van der Waals surface area contributed by atoms with Gasteiger partial charge in [-0.2, -0.15) is 0 Å². The van der Waals surface area contributed by atoms with E-state index in [1.54, 1.807) is 11.3 Å². The van der Waals surface area contributed by atoms with Gasteiger partial charge in [0, 0.05) is 29.2 Å². The van der Waals surface area contributed by atoms with E-state index >= 15 is 0 Å². The van der Waals surface area contributed by atoms with Crippen molar-refractivity contribution >= 4 is 56.7 Å². The Balaban J connectivity index is 1.27. The Hall–Kier alpha value is -1.24. The Morgan fingerprint density at radius 1 is 1.07 bits per heavy atom. The van der Waals surface area contributed by atoms with Crippen LogP contribution in [0.25, 0.3) is 22.7 Å². The molecule has 6 heteroatoms. The van der Waals surface area contributed by atoms with Crippen LogP contribution in [0.15, 0.2) is 24.3 Å². The van der Waals surface area contributed by atoms with Gasteiger partial charge < -0.3 is 5.32 Å². The van der Waals surface area contributed by atoms with Gasteiger partial charge in [-0.1, -0.05) is 40.2 Å². The number of aromatic nitrogens is 1. The largest absolute Gasteiger partial charge is 0.326 e. The Morgan fingerprint density at radius 3 is 2.63 bits per heavy atom. The van der Waals surface area contributed by atoms with Crippen molar-refractivity contribution < 1.29 is 4.79 Å². The van der Waals surface area contributed by atoms with Crippen LogP contribution in [0.2, 0.25) is 0 Å². The van der Waals surface area contributed by atoms with Gasteiger partial charge in [0.1, 0.15) is 5.01 Å². The number of anilines is 1. The molecule has 2 aromatic rings. The first kappa shape index (κ1) is 19.1. The van der Waals surface area contributed by atoms with E-state index < -0.39 is 0 Å². The van der Waals surface area contributed by atoms with E-state index in [1.807, 2.05) is 33.7 Å². The molecule has 1 aliphatic carbocycles. The first-order valence-corrected chi connectivity index (χ1v) is 12.9. The van der Waals surface area contributed by atoms with Gasteiger partial charge >= 0.3 is 0 Å². The molecule has 4 rings (SSSR count). The topological polar surface area (TPSA) is 42.0 Å². The van der Waals surface area contributed by atoms with Crippen molar-refractivity contribution in [2.45, 2.75) is 38.5 Å². The predicted molar refractivity (Wildman–Crippen MR) is 120 cm³/mol. The highest BCUT2D eigenvalue weighted by Crippen LogP contribution is 2.36. The molecule has 1 saturated heterocycles. The van der Waals surface area contributed by atoms with Crippen molar-refractivity contribution in [1.82, 2.24) is 4.98 Å². The number of fused-ring (bicyclic) bond motifs is 1. The number of nitrogens with zero attached hydrogens (tertiary/aromatic N) is 1. The number of amides is 1. The lowest BCUT2D eigenvalue weighted by Crippen LogP contribution is -2.22. The first-order valence-electron chi connectivity index (χ1n) is 9.60. The number of rotatable bonds is 7. The fraction of sp³-hybridized carbons (Fsp3) is 0.429. The average molecular weight is 417 g/mol. The Bertz CT molecular complexity index is 865. The molecule has 1 aromatic heterocycles. The van der Waals surface area contributed by atoms with Gasteiger partial charge in [-0.3, -0.25) is 4.79 Å². The number of hydrogen-bond acceptors (Lipinski definition) is 5. The zero-order chi connectivity index (χ0) is 18.5. The molecule has 0 spiro atoms. The second-order valence-corrected chi connectivity index (χ2v) is 10.6. The summed E-state index contributed by atoms with van der Waals surface area (Å²) < 4.78 is 1.28. The van der Waals surface area contributed by atoms with Crippen LogP contribution in [0.4, 0.5) is 5.69 Å². The van der Waals surface area contributed by atoms with Crippen LogP contribution < -0.4 is 15.2 Å². The Labute approximate surface area is 172 Å². The van der Waals surface area contributed by atoms with E-state index in [1.165, 1.54) is 22.5 Å². The summed E-state index contributed by atoms with van der Waals surface area (Å²) in [6.45, 7) is 0. The number of benzene rings is 1. The molecular weight excluding hydrogens is 392 g/mol. The van der Waals surface area contributed by atoms with Gasteiger partial charge in [-0.15, -0.1) is 11.3 Å². The van der Waals surface area contributed by atoms with Crippen LogP contribution in [0.1, 0.15) is 38.5 Å². The number of carbonyl (C=O) groups is 1. The maximum atomic E-state index is 12.2. The van der Waals surface area contributed by atoms with Crippen LogP contribution in [-0.2, 0) is 4.79 Å². The fourth-order valence-corrected chi connectivity index (χ4v) is 7.40. The molecular formula is C21H24N2OS3. The second-order valence-electron chi connectivity index (χ2n) is 7.06. The second kappa shape index (κ2) is 9.30. The van der Waals surface area contributed by atoms with E-state index in [9.17, 15) is 4.79 Å². The minimum Gasteiger partial charge on any atom is -0.326 e. The number of nitrogens with one attached hydrogen (secondary N) is 1. The summed E-state index contributed by atoms with van der Waals surface area (Å²) in [4.78, 5) is 16.9. The molecule has 1 fully saturated rings. The minimum atomic E-state index is 0.117. The average Bonchev–Trinajstić information content (AvgIpc) is 3.35. The molecule has 0 atom stereocenters. The smallest absolute Gasteiger partial charge is 0.224 e. The molecule has 0 radical (unpaired) electrons.